The van der Waals surface area contributed by atoms with E-state index in [4.69, 9.17) is 11.6 Å². The first-order chi connectivity index (χ1) is 12.4. The number of amides is 1. The van der Waals surface area contributed by atoms with E-state index in [-0.39, 0.29) is 11.7 Å². The van der Waals surface area contributed by atoms with Crippen LogP contribution in [0.25, 0.3) is 5.69 Å². The highest BCUT2D eigenvalue weighted by molar-refractivity contribution is 7.99. The van der Waals surface area contributed by atoms with Crippen molar-refractivity contribution in [3.63, 3.8) is 0 Å². The highest BCUT2D eigenvalue weighted by Crippen LogP contribution is 2.23. The molecule has 0 aliphatic rings. The van der Waals surface area contributed by atoms with Gasteiger partial charge in [-0.3, -0.25) is 9.36 Å². The largest absolute Gasteiger partial charge is 0.325 e. The average Bonchev–Trinajstić information content (AvgIpc) is 2.98. The second-order valence-electron chi connectivity index (χ2n) is 5.98. The maximum Gasteiger partial charge on any atom is 0.234 e. The Morgan fingerprint density at radius 1 is 1.08 bits per heavy atom. The Morgan fingerprint density at radius 2 is 1.81 bits per heavy atom. The van der Waals surface area contributed by atoms with E-state index in [0.29, 0.717) is 10.2 Å². The van der Waals surface area contributed by atoms with Gasteiger partial charge in [0.1, 0.15) is 5.82 Å². The molecule has 2 aromatic carbocycles. The second-order valence-corrected chi connectivity index (χ2v) is 7.36. The number of carbonyl (C=O) groups excluding carboxylic acids is 1. The van der Waals surface area contributed by atoms with Crippen LogP contribution < -0.4 is 5.32 Å². The van der Waals surface area contributed by atoms with Crippen molar-refractivity contribution >= 4 is 35.0 Å². The van der Waals surface area contributed by atoms with Gasteiger partial charge in [-0.25, -0.2) is 0 Å². The molecule has 3 aromatic rings. The lowest BCUT2D eigenvalue weighted by Crippen LogP contribution is -2.14. The van der Waals surface area contributed by atoms with Crippen molar-refractivity contribution < 1.29 is 4.79 Å². The number of halogens is 1. The maximum atomic E-state index is 12.3. The Morgan fingerprint density at radius 3 is 2.50 bits per heavy atom. The van der Waals surface area contributed by atoms with Crippen LogP contribution in [0.15, 0.2) is 47.6 Å². The number of aryl methyl sites for hydroxylation is 3. The fourth-order valence-corrected chi connectivity index (χ4v) is 3.39. The summed E-state index contributed by atoms with van der Waals surface area (Å²) in [4.78, 5) is 12.3. The molecule has 1 aromatic heterocycles. The first-order valence-electron chi connectivity index (χ1n) is 8.12. The smallest absolute Gasteiger partial charge is 0.234 e. The molecule has 0 fully saturated rings. The molecule has 26 heavy (non-hydrogen) atoms. The Hall–Kier alpha value is -2.31. The summed E-state index contributed by atoms with van der Waals surface area (Å²) in [6.07, 6.45) is 0. The van der Waals surface area contributed by atoms with Crippen molar-refractivity contribution in [2.75, 3.05) is 11.1 Å². The van der Waals surface area contributed by atoms with Crippen molar-refractivity contribution in [1.82, 2.24) is 14.8 Å². The topological polar surface area (TPSA) is 59.8 Å². The number of anilines is 1. The van der Waals surface area contributed by atoms with E-state index in [9.17, 15) is 4.79 Å². The zero-order valence-corrected chi connectivity index (χ0v) is 16.4. The van der Waals surface area contributed by atoms with E-state index < -0.39 is 0 Å². The van der Waals surface area contributed by atoms with Gasteiger partial charge in [0.25, 0.3) is 0 Å². The quantitative estimate of drug-likeness (QED) is 0.652. The van der Waals surface area contributed by atoms with Crippen LogP contribution in [-0.4, -0.2) is 26.4 Å². The minimum absolute atomic E-state index is 0.0819. The number of hydrogen-bond donors (Lipinski definition) is 1. The Kier molecular flexibility index (Phi) is 5.64. The predicted molar refractivity (Wildman–Crippen MR) is 106 cm³/mol. The number of benzene rings is 2. The molecule has 0 aliphatic carbocycles. The first kappa shape index (κ1) is 18.5. The monoisotopic (exact) mass is 386 g/mol. The molecule has 3 rings (SSSR count). The molecule has 5 nitrogen and oxygen atoms in total. The summed E-state index contributed by atoms with van der Waals surface area (Å²) in [5.41, 5.74) is 4.06. The van der Waals surface area contributed by atoms with Crippen LogP contribution in [0, 0.1) is 20.8 Å². The lowest BCUT2D eigenvalue weighted by molar-refractivity contribution is -0.113. The Balaban J connectivity index is 1.69. The number of aromatic nitrogens is 3. The third kappa shape index (κ3) is 4.26. The first-order valence-corrected chi connectivity index (χ1v) is 9.48. The highest BCUT2D eigenvalue weighted by Gasteiger charge is 2.13. The third-order valence-corrected chi connectivity index (χ3v) is 5.18. The van der Waals surface area contributed by atoms with Gasteiger partial charge in [-0.2, -0.15) is 0 Å². The van der Waals surface area contributed by atoms with Gasteiger partial charge < -0.3 is 5.32 Å². The molecule has 0 unspecified atom stereocenters. The fourth-order valence-electron chi connectivity index (χ4n) is 2.47. The number of nitrogens with zero attached hydrogens (tertiary/aromatic N) is 3. The molecule has 0 aliphatic heterocycles. The normalized spacial score (nSPS) is 10.8. The predicted octanol–water partition coefficient (Wildman–Crippen LogP) is 4.58. The van der Waals surface area contributed by atoms with Crippen molar-refractivity contribution in [2.45, 2.75) is 25.9 Å². The number of thioether (sulfide) groups is 1. The minimum Gasteiger partial charge on any atom is -0.325 e. The Bertz CT molecular complexity index is 937. The SMILES string of the molecule is Cc1ccc(NC(=O)CSc2nnc(C)n2-c2ccc(Cl)cc2)cc1C. The molecule has 0 bridgehead atoms. The number of carbonyl (C=O) groups is 1. The third-order valence-electron chi connectivity index (χ3n) is 4.00. The lowest BCUT2D eigenvalue weighted by Gasteiger charge is -2.09. The molecular weight excluding hydrogens is 368 g/mol. The fraction of sp³-hybridized carbons (Fsp3) is 0.211. The van der Waals surface area contributed by atoms with E-state index >= 15 is 0 Å². The zero-order valence-electron chi connectivity index (χ0n) is 14.8. The highest BCUT2D eigenvalue weighted by atomic mass is 35.5. The number of hydrogen-bond acceptors (Lipinski definition) is 4. The van der Waals surface area contributed by atoms with Crippen LogP contribution in [0.1, 0.15) is 17.0 Å². The standard InChI is InChI=1S/C19H19ClN4OS/c1-12-4-7-16(10-13(12)2)21-18(25)11-26-19-23-22-14(3)24(19)17-8-5-15(20)6-9-17/h4-10H,11H2,1-3H3,(H,21,25). The van der Waals surface area contributed by atoms with Gasteiger partial charge in [0, 0.05) is 16.4 Å². The van der Waals surface area contributed by atoms with Gasteiger partial charge in [-0.05, 0) is 68.3 Å². The molecule has 0 atom stereocenters. The number of nitrogens with one attached hydrogen (secondary N) is 1. The van der Waals surface area contributed by atoms with Gasteiger partial charge in [-0.15, -0.1) is 10.2 Å². The summed E-state index contributed by atoms with van der Waals surface area (Å²) in [5, 5.41) is 12.6. The van der Waals surface area contributed by atoms with Crippen molar-refractivity contribution in [3.05, 3.63) is 64.4 Å². The number of rotatable bonds is 5. The zero-order chi connectivity index (χ0) is 18.7. The van der Waals surface area contributed by atoms with E-state index in [1.807, 2.05) is 67.8 Å². The molecule has 7 heteroatoms. The van der Waals surface area contributed by atoms with E-state index in [1.54, 1.807) is 0 Å². The van der Waals surface area contributed by atoms with Gasteiger partial charge in [-0.1, -0.05) is 29.4 Å². The van der Waals surface area contributed by atoms with Crippen LogP contribution in [-0.2, 0) is 4.79 Å². The summed E-state index contributed by atoms with van der Waals surface area (Å²) in [6, 6.07) is 13.3. The van der Waals surface area contributed by atoms with Crippen molar-refractivity contribution in [3.8, 4) is 5.69 Å². The summed E-state index contributed by atoms with van der Waals surface area (Å²) in [6.45, 7) is 5.95. The van der Waals surface area contributed by atoms with Gasteiger partial charge in [0.15, 0.2) is 5.16 Å². The Labute approximate surface area is 161 Å². The molecule has 1 amide bonds. The second kappa shape index (κ2) is 7.93. The molecule has 0 radical (unpaired) electrons. The van der Waals surface area contributed by atoms with Crippen molar-refractivity contribution in [2.24, 2.45) is 0 Å². The summed E-state index contributed by atoms with van der Waals surface area (Å²) in [7, 11) is 0. The summed E-state index contributed by atoms with van der Waals surface area (Å²) < 4.78 is 1.91. The minimum atomic E-state index is -0.0819. The lowest BCUT2D eigenvalue weighted by atomic mass is 10.1. The summed E-state index contributed by atoms with van der Waals surface area (Å²) in [5.74, 6) is 0.921. The molecule has 0 spiro atoms. The van der Waals surface area contributed by atoms with Crippen LogP contribution in [0.5, 0.6) is 0 Å². The maximum absolute atomic E-state index is 12.3. The van der Waals surface area contributed by atoms with Crippen LogP contribution in [0.4, 0.5) is 5.69 Å². The molecular formula is C19H19ClN4OS. The molecule has 0 saturated heterocycles. The molecule has 1 heterocycles. The van der Waals surface area contributed by atoms with E-state index in [1.165, 1.54) is 17.3 Å². The van der Waals surface area contributed by atoms with Gasteiger partial charge >= 0.3 is 0 Å². The molecule has 0 saturated carbocycles. The van der Waals surface area contributed by atoms with Gasteiger partial charge in [0.2, 0.25) is 5.91 Å². The van der Waals surface area contributed by atoms with Crippen LogP contribution in [0.3, 0.4) is 0 Å². The van der Waals surface area contributed by atoms with E-state index in [0.717, 1.165) is 22.8 Å². The molecule has 1 N–H and O–H groups in total. The van der Waals surface area contributed by atoms with E-state index in [2.05, 4.69) is 15.5 Å². The average molecular weight is 387 g/mol. The summed E-state index contributed by atoms with van der Waals surface area (Å²) >= 11 is 7.30. The van der Waals surface area contributed by atoms with Gasteiger partial charge in [0.05, 0.1) is 5.75 Å². The van der Waals surface area contributed by atoms with Crippen molar-refractivity contribution in [1.29, 1.82) is 0 Å². The van der Waals surface area contributed by atoms with Crippen LogP contribution >= 0.6 is 23.4 Å². The molecule has 134 valence electrons. The van der Waals surface area contributed by atoms with Crippen LogP contribution in [0.2, 0.25) is 5.02 Å².